The van der Waals surface area contributed by atoms with Gasteiger partial charge >= 0.3 is 0 Å². The van der Waals surface area contributed by atoms with Gasteiger partial charge in [-0.1, -0.05) is 29.8 Å². The van der Waals surface area contributed by atoms with Gasteiger partial charge < -0.3 is 10.0 Å². The summed E-state index contributed by atoms with van der Waals surface area (Å²) in [5.41, 5.74) is 3.01. The minimum Gasteiger partial charge on any atom is -0.388 e. The number of para-hydroxylation sites is 1. The lowest BCUT2D eigenvalue weighted by Gasteiger charge is -2.25. The number of aliphatic hydroxyl groups excluding tert-OH is 1. The standard InChI is InChI=1S/C17H15ClN4O/c18-12-6-7-14-15(10-12)21(13-4-2-1-3-5-13)9-8-16-19-20-17(11-23)22(14)16/h1-7,10,23H,8-9,11H2. The van der Waals surface area contributed by atoms with Crippen molar-refractivity contribution in [1.29, 1.82) is 0 Å². The molecule has 0 aliphatic carbocycles. The molecule has 0 fully saturated rings. The monoisotopic (exact) mass is 326 g/mol. The summed E-state index contributed by atoms with van der Waals surface area (Å²) in [6.45, 7) is 0.612. The topological polar surface area (TPSA) is 54.2 Å². The fraction of sp³-hybridized carbons (Fsp3) is 0.176. The van der Waals surface area contributed by atoms with Gasteiger partial charge in [0.1, 0.15) is 12.4 Å². The average molecular weight is 327 g/mol. The van der Waals surface area contributed by atoms with Crippen molar-refractivity contribution in [2.75, 3.05) is 11.4 Å². The smallest absolute Gasteiger partial charge is 0.163 e. The Bertz CT molecular complexity index is 847. The Balaban J connectivity index is 1.95. The first-order chi connectivity index (χ1) is 11.3. The molecule has 116 valence electrons. The van der Waals surface area contributed by atoms with Gasteiger partial charge in [0.15, 0.2) is 5.82 Å². The Morgan fingerprint density at radius 1 is 1.04 bits per heavy atom. The van der Waals surface area contributed by atoms with Gasteiger partial charge in [-0.2, -0.15) is 0 Å². The molecule has 4 rings (SSSR count). The van der Waals surface area contributed by atoms with Gasteiger partial charge in [0.05, 0.1) is 11.4 Å². The van der Waals surface area contributed by atoms with Crippen molar-refractivity contribution >= 4 is 23.0 Å². The number of benzene rings is 2. The summed E-state index contributed by atoms with van der Waals surface area (Å²) in [6, 6.07) is 15.9. The number of aliphatic hydroxyl groups is 1. The van der Waals surface area contributed by atoms with Crippen molar-refractivity contribution in [1.82, 2.24) is 14.8 Å². The molecule has 0 atom stereocenters. The molecule has 6 heteroatoms. The second-order valence-corrected chi connectivity index (χ2v) is 5.83. The van der Waals surface area contributed by atoms with Crippen LogP contribution in [0.2, 0.25) is 5.02 Å². The fourth-order valence-electron chi connectivity index (χ4n) is 3.01. The molecule has 0 spiro atoms. The fourth-order valence-corrected chi connectivity index (χ4v) is 3.17. The molecule has 0 radical (unpaired) electrons. The zero-order chi connectivity index (χ0) is 15.8. The summed E-state index contributed by atoms with van der Waals surface area (Å²) >= 11 is 6.24. The molecule has 2 heterocycles. The van der Waals surface area contributed by atoms with Crippen LogP contribution in [0.15, 0.2) is 48.5 Å². The molecule has 0 unspecified atom stereocenters. The van der Waals surface area contributed by atoms with E-state index in [1.807, 2.05) is 41.0 Å². The molecule has 0 saturated heterocycles. The molecule has 23 heavy (non-hydrogen) atoms. The van der Waals surface area contributed by atoms with Crippen LogP contribution in [0, 0.1) is 0 Å². The predicted octanol–water partition coefficient (Wildman–Crippen LogP) is 3.11. The molecule has 3 aromatic rings. The van der Waals surface area contributed by atoms with Crippen molar-refractivity contribution in [3.63, 3.8) is 0 Å². The third kappa shape index (κ3) is 2.38. The maximum atomic E-state index is 9.57. The molecule has 5 nitrogen and oxygen atoms in total. The normalized spacial score (nSPS) is 13.4. The molecule has 2 aromatic carbocycles. The first-order valence-corrected chi connectivity index (χ1v) is 7.82. The molecule has 0 amide bonds. The predicted molar refractivity (Wildman–Crippen MR) is 89.4 cm³/mol. The van der Waals surface area contributed by atoms with E-state index < -0.39 is 0 Å². The van der Waals surface area contributed by atoms with Crippen molar-refractivity contribution in [2.24, 2.45) is 0 Å². The molecular formula is C17H15ClN4O. The van der Waals surface area contributed by atoms with Crippen molar-refractivity contribution in [3.05, 3.63) is 65.2 Å². The number of hydrogen-bond donors (Lipinski definition) is 1. The van der Waals surface area contributed by atoms with Gasteiger partial charge in [-0.3, -0.25) is 4.57 Å². The highest BCUT2D eigenvalue weighted by molar-refractivity contribution is 6.31. The average Bonchev–Trinajstić information content (AvgIpc) is 2.92. The molecule has 1 aliphatic heterocycles. The van der Waals surface area contributed by atoms with Crippen LogP contribution >= 0.6 is 11.6 Å². The van der Waals surface area contributed by atoms with Gasteiger partial charge in [-0.05, 0) is 30.3 Å². The summed E-state index contributed by atoms with van der Waals surface area (Å²) in [5.74, 6) is 1.38. The van der Waals surface area contributed by atoms with Crippen LogP contribution < -0.4 is 4.90 Å². The number of fused-ring (bicyclic) bond motifs is 3. The van der Waals surface area contributed by atoms with E-state index in [1.54, 1.807) is 0 Å². The lowest BCUT2D eigenvalue weighted by atomic mass is 10.2. The van der Waals surface area contributed by atoms with Crippen LogP contribution in [0.3, 0.4) is 0 Å². The van der Waals surface area contributed by atoms with E-state index in [0.29, 0.717) is 10.8 Å². The number of hydrogen-bond acceptors (Lipinski definition) is 4. The summed E-state index contributed by atoms with van der Waals surface area (Å²) in [4.78, 5) is 2.22. The van der Waals surface area contributed by atoms with E-state index >= 15 is 0 Å². The Kier molecular flexibility index (Phi) is 3.52. The maximum Gasteiger partial charge on any atom is 0.163 e. The molecule has 0 saturated carbocycles. The number of halogens is 1. The van der Waals surface area contributed by atoms with Crippen molar-refractivity contribution in [2.45, 2.75) is 13.0 Å². The second kappa shape index (κ2) is 5.68. The first-order valence-electron chi connectivity index (χ1n) is 7.44. The van der Waals surface area contributed by atoms with Gasteiger partial charge in [0.2, 0.25) is 0 Å². The third-order valence-corrected chi connectivity index (χ3v) is 4.27. The highest BCUT2D eigenvalue weighted by Crippen LogP contribution is 2.36. The minimum absolute atomic E-state index is 0.152. The summed E-state index contributed by atoms with van der Waals surface area (Å²) < 4.78 is 1.93. The van der Waals surface area contributed by atoms with Crippen LogP contribution in [0.25, 0.3) is 5.69 Å². The van der Waals surface area contributed by atoms with Crippen LogP contribution in [-0.2, 0) is 13.0 Å². The van der Waals surface area contributed by atoms with Crippen LogP contribution in [0.5, 0.6) is 0 Å². The summed E-state index contributed by atoms with van der Waals surface area (Å²) in [5, 5.41) is 18.6. The number of nitrogens with zero attached hydrogens (tertiary/aromatic N) is 4. The molecule has 1 aromatic heterocycles. The molecule has 1 aliphatic rings. The van der Waals surface area contributed by atoms with Gasteiger partial charge in [0.25, 0.3) is 0 Å². The van der Waals surface area contributed by atoms with Crippen LogP contribution in [0.4, 0.5) is 11.4 Å². The van der Waals surface area contributed by atoms with E-state index in [2.05, 4.69) is 27.2 Å². The summed E-state index contributed by atoms with van der Waals surface area (Å²) in [7, 11) is 0. The number of anilines is 2. The van der Waals surface area contributed by atoms with Gasteiger partial charge in [0, 0.05) is 23.7 Å². The van der Waals surface area contributed by atoms with E-state index in [0.717, 1.165) is 35.9 Å². The maximum absolute atomic E-state index is 9.57. The number of rotatable bonds is 2. The van der Waals surface area contributed by atoms with E-state index in [9.17, 15) is 5.11 Å². The first kappa shape index (κ1) is 14.2. The van der Waals surface area contributed by atoms with E-state index in [1.165, 1.54) is 0 Å². The van der Waals surface area contributed by atoms with Gasteiger partial charge in [-0.25, -0.2) is 0 Å². The lowest BCUT2D eigenvalue weighted by molar-refractivity contribution is 0.268. The molecular weight excluding hydrogens is 312 g/mol. The quantitative estimate of drug-likeness (QED) is 0.786. The third-order valence-electron chi connectivity index (χ3n) is 4.03. The summed E-state index contributed by atoms with van der Waals surface area (Å²) in [6.07, 6.45) is 0.730. The second-order valence-electron chi connectivity index (χ2n) is 5.40. The molecule has 1 N–H and O–H groups in total. The Morgan fingerprint density at radius 3 is 2.65 bits per heavy atom. The minimum atomic E-state index is -0.152. The zero-order valence-electron chi connectivity index (χ0n) is 12.4. The number of aromatic nitrogens is 3. The highest BCUT2D eigenvalue weighted by atomic mass is 35.5. The largest absolute Gasteiger partial charge is 0.388 e. The van der Waals surface area contributed by atoms with E-state index in [-0.39, 0.29) is 6.61 Å². The lowest BCUT2D eigenvalue weighted by Crippen LogP contribution is -2.19. The van der Waals surface area contributed by atoms with Crippen molar-refractivity contribution < 1.29 is 5.11 Å². The molecule has 0 bridgehead atoms. The Labute approximate surface area is 138 Å². The zero-order valence-corrected chi connectivity index (χ0v) is 13.1. The van der Waals surface area contributed by atoms with Gasteiger partial charge in [-0.15, -0.1) is 10.2 Å². The highest BCUT2D eigenvalue weighted by Gasteiger charge is 2.24. The van der Waals surface area contributed by atoms with Crippen molar-refractivity contribution in [3.8, 4) is 5.69 Å². The van der Waals surface area contributed by atoms with Crippen LogP contribution in [-0.4, -0.2) is 26.4 Å². The van der Waals surface area contributed by atoms with Crippen LogP contribution in [0.1, 0.15) is 11.6 Å². The SMILES string of the molecule is OCc1nnc2n1-c1ccc(Cl)cc1N(c1ccccc1)CC2. The Morgan fingerprint density at radius 2 is 1.87 bits per heavy atom. The van der Waals surface area contributed by atoms with E-state index in [4.69, 9.17) is 11.6 Å². The Hall–Kier alpha value is -2.37.